The van der Waals surface area contributed by atoms with Gasteiger partial charge in [-0.05, 0) is 30.1 Å². The van der Waals surface area contributed by atoms with Gasteiger partial charge in [-0.25, -0.2) is 4.79 Å². The van der Waals surface area contributed by atoms with E-state index in [0.717, 1.165) is 18.8 Å². The van der Waals surface area contributed by atoms with Crippen LogP contribution in [0.5, 0.6) is 0 Å². The van der Waals surface area contributed by atoms with Gasteiger partial charge in [0, 0.05) is 13.1 Å². The van der Waals surface area contributed by atoms with Gasteiger partial charge in [-0.2, -0.15) is 0 Å². The van der Waals surface area contributed by atoms with Gasteiger partial charge in [0.2, 0.25) is 0 Å². The molecule has 0 spiro atoms. The smallest absolute Gasteiger partial charge is 0.407 e. The Labute approximate surface area is 129 Å². The molecule has 3 N–H and O–H groups in total. The molecule has 1 saturated carbocycles. The molecule has 1 heterocycles. The number of amides is 1. The fourth-order valence-corrected chi connectivity index (χ4v) is 4.65. The lowest BCUT2D eigenvalue weighted by Crippen LogP contribution is -2.66. The van der Waals surface area contributed by atoms with Crippen LogP contribution >= 0.6 is 0 Å². The number of hydrogen-bond acceptors (Lipinski definition) is 2. The molecule has 4 nitrogen and oxygen atoms in total. The molecule has 0 radical (unpaired) electrons. The highest BCUT2D eigenvalue weighted by Crippen LogP contribution is 2.47. The van der Waals surface area contributed by atoms with E-state index >= 15 is 0 Å². The normalized spacial score (nSPS) is 32.2. The van der Waals surface area contributed by atoms with Crippen LogP contribution in [0.2, 0.25) is 0 Å². The maximum atomic E-state index is 11.7. The Bertz CT molecular complexity index is 371. The van der Waals surface area contributed by atoms with Gasteiger partial charge in [-0.3, -0.25) is 0 Å². The Hall–Kier alpha value is -0.770. The van der Waals surface area contributed by atoms with Crippen molar-refractivity contribution in [1.82, 2.24) is 4.90 Å². The van der Waals surface area contributed by atoms with Crippen molar-refractivity contribution in [3.05, 3.63) is 0 Å². The summed E-state index contributed by atoms with van der Waals surface area (Å²) in [5.41, 5.74) is 5.59. The number of rotatable bonds is 2. The lowest BCUT2D eigenvalue weighted by molar-refractivity contribution is -0.0493. The third kappa shape index (κ3) is 3.05. The van der Waals surface area contributed by atoms with Crippen LogP contribution in [0.4, 0.5) is 4.79 Å². The van der Waals surface area contributed by atoms with Crippen molar-refractivity contribution in [3.63, 3.8) is 0 Å². The average molecular weight is 296 g/mol. The molecule has 0 bridgehead atoms. The van der Waals surface area contributed by atoms with Gasteiger partial charge < -0.3 is 15.7 Å². The van der Waals surface area contributed by atoms with Crippen LogP contribution in [-0.2, 0) is 0 Å². The largest absolute Gasteiger partial charge is 0.465 e. The van der Waals surface area contributed by atoms with Crippen LogP contribution in [0.1, 0.15) is 65.7 Å². The zero-order chi connectivity index (χ0) is 15.7. The fraction of sp³-hybridized carbons (Fsp3) is 0.941. The van der Waals surface area contributed by atoms with Crippen LogP contribution in [0, 0.1) is 17.3 Å². The molecule has 0 aromatic heterocycles. The van der Waals surface area contributed by atoms with E-state index in [2.05, 4.69) is 20.8 Å². The van der Waals surface area contributed by atoms with Crippen molar-refractivity contribution in [2.45, 2.75) is 71.3 Å². The van der Waals surface area contributed by atoms with Gasteiger partial charge in [-0.1, -0.05) is 52.9 Å². The Morgan fingerprint density at radius 1 is 1.19 bits per heavy atom. The van der Waals surface area contributed by atoms with Gasteiger partial charge in [0.25, 0.3) is 0 Å². The van der Waals surface area contributed by atoms with E-state index in [1.165, 1.54) is 32.1 Å². The number of carbonyl (C=O) groups is 1. The van der Waals surface area contributed by atoms with E-state index in [0.29, 0.717) is 19.0 Å². The van der Waals surface area contributed by atoms with Gasteiger partial charge in [0.1, 0.15) is 0 Å². The van der Waals surface area contributed by atoms with Gasteiger partial charge in [0.05, 0.1) is 5.54 Å². The summed E-state index contributed by atoms with van der Waals surface area (Å²) in [6.45, 7) is 7.48. The summed E-state index contributed by atoms with van der Waals surface area (Å²) in [6, 6.07) is 0. The Balaban J connectivity index is 2.24. The van der Waals surface area contributed by atoms with Crippen molar-refractivity contribution in [2.24, 2.45) is 23.0 Å². The van der Waals surface area contributed by atoms with Crippen LogP contribution in [0.15, 0.2) is 0 Å². The molecular weight excluding hydrogens is 264 g/mol. The summed E-state index contributed by atoms with van der Waals surface area (Å²) in [6.07, 6.45) is 7.83. The average Bonchev–Trinajstić information content (AvgIpc) is 2.46. The molecule has 1 amide bonds. The summed E-state index contributed by atoms with van der Waals surface area (Å²) in [5.74, 6) is 1.42. The lowest BCUT2D eigenvalue weighted by Gasteiger charge is -2.56. The summed E-state index contributed by atoms with van der Waals surface area (Å²) in [7, 11) is 0. The summed E-state index contributed by atoms with van der Waals surface area (Å²) >= 11 is 0. The quantitative estimate of drug-likeness (QED) is 0.816. The minimum absolute atomic E-state index is 0.131. The van der Waals surface area contributed by atoms with Gasteiger partial charge in [0.15, 0.2) is 0 Å². The third-order valence-electron chi connectivity index (χ3n) is 6.12. The zero-order valence-electron chi connectivity index (χ0n) is 13.9. The standard InChI is InChI=1S/C17H32N2O2/c1-16(2,3)17(12-18)11-14(9-10-19(17)15(20)21)13-7-5-4-6-8-13/h13-14H,4-12,18H2,1-3H3,(H,20,21). The highest BCUT2D eigenvalue weighted by Gasteiger charge is 2.52. The predicted octanol–water partition coefficient (Wildman–Crippen LogP) is 3.70. The summed E-state index contributed by atoms with van der Waals surface area (Å²) in [4.78, 5) is 13.4. The van der Waals surface area contributed by atoms with Crippen molar-refractivity contribution in [3.8, 4) is 0 Å². The highest BCUT2D eigenvalue weighted by molar-refractivity contribution is 5.66. The SMILES string of the molecule is CC(C)(C)C1(CN)CC(C2CCCCC2)CCN1C(=O)O. The van der Waals surface area contributed by atoms with E-state index in [1.54, 1.807) is 4.90 Å². The molecule has 2 aliphatic rings. The molecule has 0 aromatic rings. The minimum atomic E-state index is -0.808. The lowest BCUT2D eigenvalue weighted by atomic mass is 9.62. The molecular formula is C17H32N2O2. The first kappa shape index (κ1) is 16.6. The van der Waals surface area contributed by atoms with Crippen LogP contribution in [-0.4, -0.2) is 34.7 Å². The first-order valence-electron chi connectivity index (χ1n) is 8.52. The number of nitrogens with two attached hydrogens (primary N) is 1. The minimum Gasteiger partial charge on any atom is -0.465 e. The van der Waals surface area contributed by atoms with E-state index in [-0.39, 0.29) is 5.41 Å². The molecule has 1 aliphatic carbocycles. The molecule has 1 aliphatic heterocycles. The van der Waals surface area contributed by atoms with E-state index < -0.39 is 11.6 Å². The molecule has 122 valence electrons. The fourth-order valence-electron chi connectivity index (χ4n) is 4.65. The molecule has 2 atom stereocenters. The van der Waals surface area contributed by atoms with E-state index in [9.17, 15) is 9.90 Å². The molecule has 21 heavy (non-hydrogen) atoms. The second kappa shape index (κ2) is 6.15. The van der Waals surface area contributed by atoms with Gasteiger partial charge in [-0.15, -0.1) is 0 Å². The first-order valence-corrected chi connectivity index (χ1v) is 8.52. The zero-order valence-corrected chi connectivity index (χ0v) is 13.9. The Morgan fingerprint density at radius 3 is 2.29 bits per heavy atom. The molecule has 2 fully saturated rings. The molecule has 0 aromatic carbocycles. The maximum Gasteiger partial charge on any atom is 0.407 e. The molecule has 2 unspecified atom stereocenters. The second-order valence-corrected chi connectivity index (χ2v) is 8.07. The Kier molecular flexibility index (Phi) is 4.86. The first-order chi connectivity index (χ1) is 9.82. The summed E-state index contributed by atoms with van der Waals surface area (Å²) in [5, 5.41) is 9.64. The second-order valence-electron chi connectivity index (χ2n) is 8.07. The number of nitrogens with zero attached hydrogens (tertiary/aromatic N) is 1. The van der Waals surface area contributed by atoms with E-state index in [1.807, 2.05) is 0 Å². The number of carboxylic acid groups (broad SMARTS) is 1. The number of piperidine rings is 1. The third-order valence-corrected chi connectivity index (χ3v) is 6.12. The van der Waals surface area contributed by atoms with Crippen LogP contribution in [0.3, 0.4) is 0 Å². The predicted molar refractivity (Wildman–Crippen MR) is 85.3 cm³/mol. The van der Waals surface area contributed by atoms with Crippen molar-refractivity contribution in [2.75, 3.05) is 13.1 Å². The molecule has 4 heteroatoms. The molecule has 1 saturated heterocycles. The topological polar surface area (TPSA) is 66.6 Å². The number of hydrogen-bond donors (Lipinski definition) is 2. The van der Waals surface area contributed by atoms with Crippen molar-refractivity contribution in [1.29, 1.82) is 0 Å². The van der Waals surface area contributed by atoms with Crippen molar-refractivity contribution < 1.29 is 9.90 Å². The van der Waals surface area contributed by atoms with Gasteiger partial charge >= 0.3 is 6.09 Å². The maximum absolute atomic E-state index is 11.7. The number of likely N-dealkylation sites (tertiary alicyclic amines) is 1. The van der Waals surface area contributed by atoms with Crippen LogP contribution < -0.4 is 5.73 Å². The highest BCUT2D eigenvalue weighted by atomic mass is 16.4. The Morgan fingerprint density at radius 2 is 1.81 bits per heavy atom. The molecule has 2 rings (SSSR count). The van der Waals surface area contributed by atoms with Crippen molar-refractivity contribution >= 4 is 6.09 Å². The summed E-state index contributed by atoms with van der Waals surface area (Å²) < 4.78 is 0. The van der Waals surface area contributed by atoms with Crippen LogP contribution in [0.25, 0.3) is 0 Å². The monoisotopic (exact) mass is 296 g/mol. The van der Waals surface area contributed by atoms with E-state index in [4.69, 9.17) is 5.73 Å².